The second-order valence-corrected chi connectivity index (χ2v) is 8.01. The van der Waals surface area contributed by atoms with Crippen molar-refractivity contribution in [3.63, 3.8) is 0 Å². The number of hydrogen-bond acceptors (Lipinski definition) is 1. The molecule has 1 saturated heterocycles. The van der Waals surface area contributed by atoms with E-state index in [4.69, 9.17) is 0 Å². The van der Waals surface area contributed by atoms with Gasteiger partial charge in [0, 0.05) is 11.1 Å². The largest absolute Gasteiger partial charge is 0.296 e. The molecule has 0 atom stereocenters. The molecule has 0 bridgehead atoms. The molecule has 1 fully saturated rings. The third-order valence-electron chi connectivity index (χ3n) is 5.36. The first kappa shape index (κ1) is 17.0. The summed E-state index contributed by atoms with van der Waals surface area (Å²) in [5, 5.41) is 0. The molecule has 1 heterocycles. The van der Waals surface area contributed by atoms with Crippen molar-refractivity contribution in [2.75, 3.05) is 7.05 Å². The highest BCUT2D eigenvalue weighted by atomic mass is 15.2. The second-order valence-electron chi connectivity index (χ2n) is 8.01. The van der Waals surface area contributed by atoms with Crippen LogP contribution in [0.4, 0.5) is 0 Å². The average Bonchev–Trinajstić information content (AvgIpc) is 2.30. The van der Waals surface area contributed by atoms with Crippen LogP contribution < -0.4 is 0 Å². The fourth-order valence-electron chi connectivity index (χ4n) is 4.00. The molecular formula is C18H37N. The Balaban J connectivity index is 2.31. The molecule has 19 heavy (non-hydrogen) atoms. The Morgan fingerprint density at radius 2 is 1.32 bits per heavy atom. The van der Waals surface area contributed by atoms with Crippen LogP contribution in [0.2, 0.25) is 0 Å². The maximum atomic E-state index is 2.59. The van der Waals surface area contributed by atoms with Gasteiger partial charge in [-0.25, -0.2) is 0 Å². The van der Waals surface area contributed by atoms with Crippen molar-refractivity contribution in [1.82, 2.24) is 4.90 Å². The Bertz CT molecular complexity index is 236. The quantitative estimate of drug-likeness (QED) is 0.540. The Hall–Kier alpha value is -0.0400. The highest BCUT2D eigenvalue weighted by molar-refractivity contribution is 4.98. The number of hydrogen-bond donors (Lipinski definition) is 0. The molecule has 1 aliphatic heterocycles. The zero-order valence-electron chi connectivity index (χ0n) is 14.4. The lowest BCUT2D eigenvalue weighted by Gasteiger charge is -2.54. The van der Waals surface area contributed by atoms with Crippen LogP contribution in [0.5, 0.6) is 0 Å². The van der Waals surface area contributed by atoms with E-state index in [-0.39, 0.29) is 0 Å². The van der Waals surface area contributed by atoms with Crippen LogP contribution >= 0.6 is 0 Å². The molecular weight excluding hydrogens is 230 g/mol. The van der Waals surface area contributed by atoms with Gasteiger partial charge < -0.3 is 0 Å². The van der Waals surface area contributed by atoms with Gasteiger partial charge in [0.1, 0.15) is 0 Å². The van der Waals surface area contributed by atoms with Gasteiger partial charge in [-0.3, -0.25) is 4.90 Å². The minimum Gasteiger partial charge on any atom is -0.296 e. The molecule has 1 heteroatoms. The molecule has 0 aromatic rings. The van der Waals surface area contributed by atoms with Crippen LogP contribution in [0.15, 0.2) is 0 Å². The molecule has 0 amide bonds. The van der Waals surface area contributed by atoms with E-state index >= 15 is 0 Å². The molecule has 0 aromatic carbocycles. The van der Waals surface area contributed by atoms with Crippen molar-refractivity contribution in [2.45, 2.75) is 103 Å². The smallest absolute Gasteiger partial charge is 0.0158 e. The number of likely N-dealkylation sites (tertiary alicyclic amines) is 1. The highest BCUT2D eigenvalue weighted by Gasteiger charge is 2.42. The number of piperidine rings is 1. The summed E-state index contributed by atoms with van der Waals surface area (Å²) in [6.45, 7) is 12.0. The summed E-state index contributed by atoms with van der Waals surface area (Å²) < 4.78 is 0. The van der Waals surface area contributed by atoms with Crippen LogP contribution in [0.25, 0.3) is 0 Å². The normalized spacial score (nSPS) is 23.7. The first-order valence-electron chi connectivity index (χ1n) is 8.53. The van der Waals surface area contributed by atoms with E-state index in [1.54, 1.807) is 0 Å². The first-order valence-corrected chi connectivity index (χ1v) is 8.53. The molecule has 0 saturated carbocycles. The lowest BCUT2D eigenvalue weighted by Crippen LogP contribution is -2.58. The van der Waals surface area contributed by atoms with E-state index in [1.165, 1.54) is 57.8 Å². The highest BCUT2D eigenvalue weighted by Crippen LogP contribution is 2.41. The van der Waals surface area contributed by atoms with Gasteiger partial charge in [0.25, 0.3) is 0 Å². The fraction of sp³-hybridized carbons (Fsp3) is 1.00. The van der Waals surface area contributed by atoms with E-state index in [2.05, 4.69) is 46.6 Å². The summed E-state index contributed by atoms with van der Waals surface area (Å²) in [4.78, 5) is 2.59. The van der Waals surface area contributed by atoms with E-state index in [0.29, 0.717) is 11.1 Å². The second kappa shape index (κ2) is 7.11. The standard InChI is InChI=1S/C18H37N/c1-7-8-9-10-11-12-13-16-14-17(2,3)19(6)18(4,5)15-16/h16H,7-15H2,1-6H3. The summed E-state index contributed by atoms with van der Waals surface area (Å²) in [6, 6.07) is 0. The van der Waals surface area contributed by atoms with Gasteiger partial charge in [-0.1, -0.05) is 51.9 Å². The third-order valence-corrected chi connectivity index (χ3v) is 5.36. The van der Waals surface area contributed by atoms with Crippen LogP contribution in [0.3, 0.4) is 0 Å². The topological polar surface area (TPSA) is 3.24 Å². The molecule has 1 rings (SSSR count). The number of rotatable bonds is 7. The van der Waals surface area contributed by atoms with E-state index in [1.807, 2.05) is 0 Å². The summed E-state index contributed by atoms with van der Waals surface area (Å²) in [5.41, 5.74) is 0.739. The van der Waals surface area contributed by atoms with Gasteiger partial charge in [0.15, 0.2) is 0 Å². The van der Waals surface area contributed by atoms with Gasteiger partial charge in [-0.2, -0.15) is 0 Å². The molecule has 0 aromatic heterocycles. The zero-order chi connectivity index (χ0) is 14.5. The Labute approximate surface area is 122 Å². The monoisotopic (exact) mass is 267 g/mol. The van der Waals surface area contributed by atoms with Crippen molar-refractivity contribution in [2.24, 2.45) is 5.92 Å². The SMILES string of the molecule is CCCCCCCCC1CC(C)(C)N(C)C(C)(C)C1. The van der Waals surface area contributed by atoms with Crippen molar-refractivity contribution >= 4 is 0 Å². The van der Waals surface area contributed by atoms with Crippen molar-refractivity contribution < 1.29 is 0 Å². The van der Waals surface area contributed by atoms with Gasteiger partial charge in [0.2, 0.25) is 0 Å². The summed E-state index contributed by atoms with van der Waals surface area (Å²) >= 11 is 0. The van der Waals surface area contributed by atoms with Gasteiger partial charge in [-0.15, -0.1) is 0 Å². The molecule has 114 valence electrons. The molecule has 0 radical (unpaired) electrons. The zero-order valence-corrected chi connectivity index (χ0v) is 14.4. The van der Waals surface area contributed by atoms with Gasteiger partial charge in [-0.05, 0) is 53.5 Å². The predicted molar refractivity (Wildman–Crippen MR) is 86.6 cm³/mol. The lowest BCUT2D eigenvalue weighted by atomic mass is 9.72. The van der Waals surface area contributed by atoms with Crippen LogP contribution in [0.1, 0.15) is 92.4 Å². The molecule has 0 N–H and O–H groups in total. The van der Waals surface area contributed by atoms with Crippen LogP contribution in [0, 0.1) is 5.92 Å². The average molecular weight is 268 g/mol. The summed E-state index contributed by atoms with van der Waals surface area (Å²) in [7, 11) is 2.31. The fourth-order valence-corrected chi connectivity index (χ4v) is 4.00. The van der Waals surface area contributed by atoms with E-state index < -0.39 is 0 Å². The Kier molecular flexibility index (Phi) is 6.36. The summed E-state index contributed by atoms with van der Waals surface area (Å²) in [6.07, 6.45) is 12.8. The molecule has 0 aliphatic carbocycles. The van der Waals surface area contributed by atoms with Gasteiger partial charge in [0.05, 0.1) is 0 Å². The maximum absolute atomic E-state index is 2.59. The van der Waals surface area contributed by atoms with Crippen molar-refractivity contribution in [3.05, 3.63) is 0 Å². The number of nitrogens with zero attached hydrogens (tertiary/aromatic N) is 1. The van der Waals surface area contributed by atoms with E-state index in [0.717, 1.165) is 5.92 Å². The summed E-state index contributed by atoms with van der Waals surface area (Å²) in [5.74, 6) is 0.937. The predicted octanol–water partition coefficient (Wildman–Crippen LogP) is 5.64. The lowest BCUT2D eigenvalue weighted by molar-refractivity contribution is -0.0321. The van der Waals surface area contributed by atoms with Crippen molar-refractivity contribution in [1.29, 1.82) is 0 Å². The molecule has 1 nitrogen and oxygen atoms in total. The number of unbranched alkanes of at least 4 members (excludes halogenated alkanes) is 5. The first-order chi connectivity index (χ1) is 8.79. The third kappa shape index (κ3) is 5.10. The van der Waals surface area contributed by atoms with E-state index in [9.17, 15) is 0 Å². The molecule has 1 aliphatic rings. The minimum absolute atomic E-state index is 0.370. The maximum Gasteiger partial charge on any atom is 0.0158 e. The Morgan fingerprint density at radius 1 is 0.842 bits per heavy atom. The van der Waals surface area contributed by atoms with Crippen LogP contribution in [-0.4, -0.2) is 23.0 Å². The Morgan fingerprint density at radius 3 is 1.84 bits per heavy atom. The molecule has 0 spiro atoms. The van der Waals surface area contributed by atoms with Crippen molar-refractivity contribution in [3.8, 4) is 0 Å². The van der Waals surface area contributed by atoms with Gasteiger partial charge >= 0.3 is 0 Å². The van der Waals surface area contributed by atoms with Crippen LogP contribution in [-0.2, 0) is 0 Å². The minimum atomic E-state index is 0.370. The molecule has 0 unspecified atom stereocenters.